The van der Waals surface area contributed by atoms with E-state index in [4.69, 9.17) is 11.6 Å². The molecule has 0 spiro atoms. The molecular formula is C12H13ClFNO3. The van der Waals surface area contributed by atoms with Gasteiger partial charge in [0.15, 0.2) is 0 Å². The number of benzene rings is 1. The highest BCUT2D eigenvalue weighted by molar-refractivity contribution is 6.30. The summed E-state index contributed by atoms with van der Waals surface area (Å²) in [6.45, 7) is -0.162. The van der Waals surface area contributed by atoms with E-state index in [2.05, 4.69) is 4.74 Å². The van der Waals surface area contributed by atoms with Crippen molar-refractivity contribution < 1.29 is 18.7 Å². The van der Waals surface area contributed by atoms with Crippen molar-refractivity contribution in [3.63, 3.8) is 0 Å². The van der Waals surface area contributed by atoms with Crippen molar-refractivity contribution in [3.8, 4) is 0 Å². The monoisotopic (exact) mass is 273 g/mol. The predicted molar refractivity (Wildman–Crippen MR) is 64.8 cm³/mol. The lowest BCUT2D eigenvalue weighted by molar-refractivity contribution is -0.145. The third-order valence-electron chi connectivity index (χ3n) is 2.38. The van der Waals surface area contributed by atoms with Crippen LogP contribution in [-0.4, -0.2) is 37.5 Å². The first-order valence-corrected chi connectivity index (χ1v) is 5.56. The van der Waals surface area contributed by atoms with Gasteiger partial charge in [0.2, 0.25) is 5.91 Å². The van der Waals surface area contributed by atoms with Crippen LogP contribution in [0.5, 0.6) is 0 Å². The quantitative estimate of drug-likeness (QED) is 0.784. The molecule has 0 saturated heterocycles. The molecule has 0 saturated carbocycles. The van der Waals surface area contributed by atoms with Crippen molar-refractivity contribution in [2.24, 2.45) is 0 Å². The summed E-state index contributed by atoms with van der Waals surface area (Å²) < 4.78 is 17.9. The maximum atomic E-state index is 13.5. The molecule has 1 amide bonds. The van der Waals surface area contributed by atoms with Crippen LogP contribution in [0.1, 0.15) is 5.56 Å². The average molecular weight is 274 g/mol. The van der Waals surface area contributed by atoms with Gasteiger partial charge in [-0.15, -0.1) is 0 Å². The van der Waals surface area contributed by atoms with E-state index in [0.717, 1.165) is 6.07 Å². The molecule has 0 fully saturated rings. The van der Waals surface area contributed by atoms with Gasteiger partial charge in [-0.3, -0.25) is 9.59 Å². The lowest BCUT2D eigenvalue weighted by Crippen LogP contribution is -2.33. The number of hydrogen-bond acceptors (Lipinski definition) is 3. The van der Waals surface area contributed by atoms with Crippen LogP contribution in [0.15, 0.2) is 18.2 Å². The van der Waals surface area contributed by atoms with Gasteiger partial charge >= 0.3 is 5.97 Å². The van der Waals surface area contributed by atoms with Gasteiger partial charge in [-0.05, 0) is 17.7 Å². The van der Waals surface area contributed by atoms with Crippen molar-refractivity contribution in [2.75, 3.05) is 20.7 Å². The molecule has 0 N–H and O–H groups in total. The number of esters is 1. The maximum absolute atomic E-state index is 13.5. The molecule has 0 aliphatic heterocycles. The van der Waals surface area contributed by atoms with Crippen LogP contribution in [0.4, 0.5) is 4.39 Å². The largest absolute Gasteiger partial charge is 0.468 e. The van der Waals surface area contributed by atoms with E-state index in [9.17, 15) is 14.0 Å². The number of methoxy groups -OCH3 is 1. The second kappa shape index (κ2) is 6.35. The van der Waals surface area contributed by atoms with Crippen molar-refractivity contribution >= 4 is 23.5 Å². The number of rotatable bonds is 4. The van der Waals surface area contributed by atoms with Gasteiger partial charge in [-0.25, -0.2) is 4.39 Å². The molecule has 4 nitrogen and oxygen atoms in total. The summed E-state index contributed by atoms with van der Waals surface area (Å²) in [5, 5.41) is 0.270. The zero-order chi connectivity index (χ0) is 13.7. The molecule has 0 bridgehead atoms. The van der Waals surface area contributed by atoms with Gasteiger partial charge in [-0.2, -0.15) is 0 Å². The van der Waals surface area contributed by atoms with Crippen LogP contribution < -0.4 is 0 Å². The van der Waals surface area contributed by atoms with E-state index < -0.39 is 11.8 Å². The van der Waals surface area contributed by atoms with E-state index >= 15 is 0 Å². The van der Waals surface area contributed by atoms with Gasteiger partial charge in [0.1, 0.15) is 12.4 Å². The van der Waals surface area contributed by atoms with Crippen LogP contribution >= 0.6 is 11.6 Å². The number of halogens is 2. The summed E-state index contributed by atoms with van der Waals surface area (Å²) in [4.78, 5) is 23.9. The highest BCUT2D eigenvalue weighted by atomic mass is 35.5. The lowest BCUT2D eigenvalue weighted by Gasteiger charge is -2.15. The number of likely N-dealkylation sites (N-methyl/N-ethyl adjacent to an activating group) is 1. The second-order valence-corrected chi connectivity index (χ2v) is 4.17. The fourth-order valence-corrected chi connectivity index (χ4v) is 1.47. The highest BCUT2D eigenvalue weighted by Crippen LogP contribution is 2.15. The van der Waals surface area contributed by atoms with Crippen molar-refractivity contribution in [1.29, 1.82) is 0 Å². The number of carbonyl (C=O) groups is 2. The molecule has 0 aliphatic carbocycles. The van der Waals surface area contributed by atoms with E-state index in [1.54, 1.807) is 0 Å². The highest BCUT2D eigenvalue weighted by Gasteiger charge is 2.15. The van der Waals surface area contributed by atoms with E-state index in [1.807, 2.05) is 0 Å². The van der Waals surface area contributed by atoms with Crippen molar-refractivity contribution in [2.45, 2.75) is 6.42 Å². The fraction of sp³-hybridized carbons (Fsp3) is 0.333. The summed E-state index contributed by atoms with van der Waals surface area (Å²) in [7, 11) is 2.69. The molecule has 0 aromatic heterocycles. The van der Waals surface area contributed by atoms with Crippen molar-refractivity contribution in [3.05, 3.63) is 34.6 Å². The molecule has 0 radical (unpaired) electrons. The third-order valence-corrected chi connectivity index (χ3v) is 2.61. The number of carbonyl (C=O) groups excluding carboxylic acids is 2. The summed E-state index contributed by atoms with van der Waals surface area (Å²) >= 11 is 5.61. The van der Waals surface area contributed by atoms with Gasteiger partial charge in [0, 0.05) is 12.1 Å². The van der Waals surface area contributed by atoms with Crippen LogP contribution in [0.2, 0.25) is 5.02 Å². The minimum Gasteiger partial charge on any atom is -0.468 e. The smallest absolute Gasteiger partial charge is 0.325 e. The first kappa shape index (κ1) is 14.4. The van der Waals surface area contributed by atoms with Crippen molar-refractivity contribution in [1.82, 2.24) is 4.90 Å². The van der Waals surface area contributed by atoms with Gasteiger partial charge in [0.05, 0.1) is 13.5 Å². The molecule has 1 aromatic rings. The Hall–Kier alpha value is -1.62. The van der Waals surface area contributed by atoms with Crippen LogP contribution in [-0.2, 0) is 20.7 Å². The van der Waals surface area contributed by atoms with Crippen LogP contribution in [0, 0.1) is 5.82 Å². The Bertz CT molecular complexity index is 465. The normalized spacial score (nSPS) is 10.0. The molecule has 0 unspecified atom stereocenters. The first-order valence-electron chi connectivity index (χ1n) is 5.18. The zero-order valence-corrected chi connectivity index (χ0v) is 10.8. The Morgan fingerprint density at radius 2 is 2.11 bits per heavy atom. The number of amides is 1. The summed E-state index contributed by atoms with van der Waals surface area (Å²) in [6, 6.07) is 4.10. The first-order chi connectivity index (χ1) is 8.43. The van der Waals surface area contributed by atoms with E-state index in [-0.39, 0.29) is 29.5 Å². The minimum atomic E-state index is -0.540. The van der Waals surface area contributed by atoms with Gasteiger partial charge in [-0.1, -0.05) is 17.7 Å². The Kier molecular flexibility index (Phi) is 5.09. The third kappa shape index (κ3) is 4.00. The van der Waals surface area contributed by atoms with E-state index in [1.165, 1.54) is 31.2 Å². The summed E-state index contributed by atoms with van der Waals surface area (Å²) in [5.41, 5.74) is 0.237. The Balaban J connectivity index is 2.66. The SMILES string of the molecule is COC(=O)CN(C)C(=O)Cc1ccc(Cl)cc1F. The molecular weight excluding hydrogens is 261 g/mol. The fourth-order valence-electron chi connectivity index (χ4n) is 1.31. The maximum Gasteiger partial charge on any atom is 0.325 e. The topological polar surface area (TPSA) is 46.6 Å². The van der Waals surface area contributed by atoms with Gasteiger partial charge in [0.25, 0.3) is 0 Å². The number of hydrogen-bond donors (Lipinski definition) is 0. The molecule has 18 heavy (non-hydrogen) atoms. The molecule has 6 heteroatoms. The Labute approximate surface area is 109 Å². The van der Waals surface area contributed by atoms with Gasteiger partial charge < -0.3 is 9.64 Å². The molecule has 0 aliphatic rings. The summed E-state index contributed by atoms with van der Waals surface area (Å²) in [5.74, 6) is -1.44. The number of ether oxygens (including phenoxy) is 1. The zero-order valence-electron chi connectivity index (χ0n) is 10.1. The summed E-state index contributed by atoms with van der Waals surface area (Å²) in [6.07, 6.45) is -0.128. The lowest BCUT2D eigenvalue weighted by atomic mass is 10.1. The molecule has 1 rings (SSSR count). The van der Waals surface area contributed by atoms with Crippen LogP contribution in [0.3, 0.4) is 0 Å². The minimum absolute atomic E-state index is 0.128. The molecule has 0 heterocycles. The number of nitrogens with zero attached hydrogens (tertiary/aromatic N) is 1. The Morgan fingerprint density at radius 3 is 2.67 bits per heavy atom. The van der Waals surface area contributed by atoms with Crippen LogP contribution in [0.25, 0.3) is 0 Å². The van der Waals surface area contributed by atoms with E-state index in [0.29, 0.717) is 0 Å². The second-order valence-electron chi connectivity index (χ2n) is 3.74. The standard InChI is InChI=1S/C12H13ClFNO3/c1-15(7-12(17)18-2)11(16)5-8-3-4-9(13)6-10(8)14/h3-4,6H,5,7H2,1-2H3. The molecule has 98 valence electrons. The predicted octanol–water partition coefficient (Wildman–Crippen LogP) is 1.65. The Morgan fingerprint density at radius 1 is 1.44 bits per heavy atom. The molecule has 1 aromatic carbocycles. The average Bonchev–Trinajstić information content (AvgIpc) is 2.32. The molecule has 0 atom stereocenters.